The van der Waals surface area contributed by atoms with Gasteiger partial charge in [0.05, 0.1) is 29.5 Å². The zero-order valence-electron chi connectivity index (χ0n) is 16.7. The molecular weight excluding hydrogens is 438 g/mol. The van der Waals surface area contributed by atoms with Crippen molar-refractivity contribution in [2.75, 3.05) is 54.8 Å². The van der Waals surface area contributed by atoms with Crippen LogP contribution in [0.4, 0.5) is 25.0 Å². The third-order valence-corrected chi connectivity index (χ3v) is 7.11. The van der Waals surface area contributed by atoms with Gasteiger partial charge < -0.3 is 15.0 Å². The summed E-state index contributed by atoms with van der Waals surface area (Å²) >= 11 is 4.92. The van der Waals surface area contributed by atoms with E-state index in [2.05, 4.69) is 5.32 Å². The molecule has 2 heterocycles. The van der Waals surface area contributed by atoms with Gasteiger partial charge in [0.1, 0.15) is 11.8 Å². The number of amides is 1. The Labute approximate surface area is 179 Å². The molecule has 1 amide bonds. The number of sulfonamides is 1. The lowest BCUT2D eigenvalue weighted by molar-refractivity contribution is 0.143. The molecule has 1 aromatic rings. The van der Waals surface area contributed by atoms with Crippen LogP contribution in [0.5, 0.6) is 0 Å². The molecule has 12 heteroatoms. The van der Waals surface area contributed by atoms with Crippen LogP contribution >= 0.6 is 12.2 Å². The molecule has 166 valence electrons. The van der Waals surface area contributed by atoms with Crippen molar-refractivity contribution in [3.8, 4) is 0 Å². The van der Waals surface area contributed by atoms with Crippen LogP contribution in [0.2, 0.25) is 0 Å². The maximum Gasteiger partial charge on any atom is 0.414 e. The number of hydrogen-bond acceptors (Lipinski definition) is 6. The molecule has 1 unspecified atom stereocenters. The average molecular weight is 463 g/mol. The molecule has 3 rings (SSSR count). The van der Waals surface area contributed by atoms with Gasteiger partial charge in [0.2, 0.25) is 10.0 Å². The first kappa shape index (κ1) is 22.6. The standard InChI is InChI=1S/C18H24F2N4O4S2/c1-3-30(26,27)23-6-4-22(5-7-23)17-15(19)8-13(9-16(17)20)24-11-14(28-18(24)25)10-21-12(2)29/h8-9,14H,3-7,10-11H2,1-2H3,(H,21,29). The number of ether oxygens (including phenoxy) is 1. The van der Waals surface area contributed by atoms with Crippen molar-refractivity contribution in [2.45, 2.75) is 20.0 Å². The number of benzene rings is 1. The van der Waals surface area contributed by atoms with Crippen LogP contribution < -0.4 is 15.1 Å². The first-order valence-electron chi connectivity index (χ1n) is 9.56. The number of hydrogen-bond donors (Lipinski definition) is 1. The zero-order chi connectivity index (χ0) is 22.1. The normalized spacial score (nSPS) is 20.4. The third kappa shape index (κ3) is 4.81. The Balaban J connectivity index is 1.72. The Kier molecular flexibility index (Phi) is 6.78. The van der Waals surface area contributed by atoms with E-state index in [0.29, 0.717) is 11.5 Å². The summed E-state index contributed by atoms with van der Waals surface area (Å²) in [4.78, 5) is 15.3. The minimum atomic E-state index is -3.34. The summed E-state index contributed by atoms with van der Waals surface area (Å²) in [5.41, 5.74) is -0.165. The number of nitrogens with one attached hydrogen (secondary N) is 1. The van der Waals surface area contributed by atoms with Gasteiger partial charge in [0.15, 0.2) is 11.6 Å². The lowest BCUT2D eigenvalue weighted by Gasteiger charge is -2.35. The molecule has 8 nitrogen and oxygen atoms in total. The van der Waals surface area contributed by atoms with E-state index < -0.39 is 33.9 Å². The van der Waals surface area contributed by atoms with Gasteiger partial charge in [-0.25, -0.2) is 22.0 Å². The van der Waals surface area contributed by atoms with Crippen molar-refractivity contribution in [3.05, 3.63) is 23.8 Å². The van der Waals surface area contributed by atoms with Gasteiger partial charge in [-0.2, -0.15) is 4.31 Å². The highest BCUT2D eigenvalue weighted by molar-refractivity contribution is 7.89. The van der Waals surface area contributed by atoms with Crippen molar-refractivity contribution in [3.63, 3.8) is 0 Å². The number of nitrogens with zero attached hydrogens (tertiary/aromatic N) is 3. The lowest BCUT2D eigenvalue weighted by Crippen LogP contribution is -2.49. The number of anilines is 2. The predicted octanol–water partition coefficient (Wildman–Crippen LogP) is 1.70. The molecule has 1 N–H and O–H groups in total. The zero-order valence-corrected chi connectivity index (χ0v) is 18.4. The van der Waals surface area contributed by atoms with Crippen LogP contribution in [0, 0.1) is 11.6 Å². The number of carbonyl (C=O) groups is 1. The quantitative estimate of drug-likeness (QED) is 0.645. The van der Waals surface area contributed by atoms with Crippen molar-refractivity contribution in [2.24, 2.45) is 0 Å². The van der Waals surface area contributed by atoms with Crippen LogP contribution in [0.15, 0.2) is 12.1 Å². The second-order valence-corrected chi connectivity index (χ2v) is 9.97. The minimum Gasteiger partial charge on any atom is -0.442 e. The molecule has 2 fully saturated rings. The Morgan fingerprint density at radius 1 is 1.23 bits per heavy atom. The Hall–Kier alpha value is -2.05. The van der Waals surface area contributed by atoms with Crippen molar-refractivity contribution in [1.29, 1.82) is 0 Å². The molecule has 2 aliphatic rings. The van der Waals surface area contributed by atoms with Crippen molar-refractivity contribution in [1.82, 2.24) is 9.62 Å². The van der Waals surface area contributed by atoms with Crippen molar-refractivity contribution < 1.29 is 26.7 Å². The minimum absolute atomic E-state index is 0.0170. The molecule has 0 saturated carbocycles. The van der Waals surface area contributed by atoms with Crippen LogP contribution in [0.25, 0.3) is 0 Å². The van der Waals surface area contributed by atoms with Gasteiger partial charge in [-0.05, 0) is 13.8 Å². The number of piperazine rings is 1. The van der Waals surface area contributed by atoms with E-state index in [1.807, 2.05) is 0 Å². The molecule has 1 aromatic carbocycles. The van der Waals surface area contributed by atoms with Crippen molar-refractivity contribution >= 4 is 44.7 Å². The van der Waals surface area contributed by atoms with Gasteiger partial charge in [-0.1, -0.05) is 12.2 Å². The van der Waals surface area contributed by atoms with E-state index in [-0.39, 0.29) is 49.9 Å². The smallest absolute Gasteiger partial charge is 0.414 e. The summed E-state index contributed by atoms with van der Waals surface area (Å²) in [6.45, 7) is 4.36. The number of cyclic esters (lactones) is 1. The summed E-state index contributed by atoms with van der Waals surface area (Å²) in [5.74, 6) is -1.65. The highest BCUT2D eigenvalue weighted by Gasteiger charge is 2.34. The lowest BCUT2D eigenvalue weighted by atomic mass is 10.2. The van der Waals surface area contributed by atoms with E-state index in [0.717, 1.165) is 12.1 Å². The van der Waals surface area contributed by atoms with E-state index in [9.17, 15) is 22.0 Å². The van der Waals surface area contributed by atoms with Crippen LogP contribution in [0.1, 0.15) is 13.8 Å². The predicted molar refractivity (Wildman–Crippen MR) is 113 cm³/mol. The van der Waals surface area contributed by atoms with E-state index >= 15 is 0 Å². The van der Waals surface area contributed by atoms with Gasteiger partial charge in [-0.15, -0.1) is 0 Å². The van der Waals surface area contributed by atoms with Gasteiger partial charge in [0, 0.05) is 38.3 Å². The molecular formula is C18H24F2N4O4S2. The van der Waals surface area contributed by atoms with Crippen LogP contribution in [0.3, 0.4) is 0 Å². The fourth-order valence-corrected chi connectivity index (χ4v) is 4.65. The molecule has 0 aromatic heterocycles. The molecule has 2 aliphatic heterocycles. The fourth-order valence-electron chi connectivity index (χ4n) is 3.48. The molecule has 0 bridgehead atoms. The molecule has 0 aliphatic carbocycles. The number of carbonyl (C=O) groups excluding carboxylic acids is 1. The molecule has 0 radical (unpaired) electrons. The summed E-state index contributed by atoms with van der Waals surface area (Å²) in [7, 11) is -3.34. The Bertz CT molecular complexity index is 913. The highest BCUT2D eigenvalue weighted by Crippen LogP contribution is 2.31. The number of halogens is 2. The highest BCUT2D eigenvalue weighted by atomic mass is 32.2. The Morgan fingerprint density at radius 2 is 1.83 bits per heavy atom. The van der Waals surface area contributed by atoms with E-state index in [1.54, 1.807) is 13.8 Å². The second-order valence-electron chi connectivity index (χ2n) is 7.10. The fraction of sp³-hybridized carbons (Fsp3) is 0.556. The van der Waals surface area contributed by atoms with Gasteiger partial charge in [0.25, 0.3) is 0 Å². The maximum atomic E-state index is 14.8. The molecule has 1 atom stereocenters. The topological polar surface area (TPSA) is 82.2 Å². The van der Waals surface area contributed by atoms with E-state index in [1.165, 1.54) is 14.1 Å². The molecule has 0 spiro atoms. The maximum absolute atomic E-state index is 14.8. The first-order valence-corrected chi connectivity index (χ1v) is 11.6. The Morgan fingerprint density at radius 3 is 2.37 bits per heavy atom. The van der Waals surface area contributed by atoms with Gasteiger partial charge >= 0.3 is 6.09 Å². The first-order chi connectivity index (χ1) is 14.1. The SMILES string of the molecule is CCS(=O)(=O)N1CCN(c2c(F)cc(N3CC(CNC(C)=S)OC3=O)cc2F)CC1. The van der Waals surface area contributed by atoms with Gasteiger partial charge in [-0.3, -0.25) is 4.90 Å². The summed E-state index contributed by atoms with van der Waals surface area (Å²) < 4.78 is 60.1. The second kappa shape index (κ2) is 8.98. The largest absolute Gasteiger partial charge is 0.442 e. The molecule has 30 heavy (non-hydrogen) atoms. The summed E-state index contributed by atoms with van der Waals surface area (Å²) in [5, 5.41) is 2.90. The summed E-state index contributed by atoms with van der Waals surface area (Å²) in [6.07, 6.45) is -1.18. The summed E-state index contributed by atoms with van der Waals surface area (Å²) in [6, 6.07) is 2.18. The number of rotatable bonds is 6. The van der Waals surface area contributed by atoms with Crippen LogP contribution in [-0.4, -0.2) is 74.9 Å². The molecule has 2 saturated heterocycles. The van der Waals surface area contributed by atoms with Crippen LogP contribution in [-0.2, 0) is 14.8 Å². The monoisotopic (exact) mass is 462 g/mol. The van der Waals surface area contributed by atoms with E-state index in [4.69, 9.17) is 17.0 Å². The average Bonchev–Trinajstić information content (AvgIpc) is 3.07. The third-order valence-electron chi connectivity index (χ3n) is 5.08. The number of thiocarbonyl (C=S) groups is 1.